The van der Waals surface area contributed by atoms with Gasteiger partial charge in [-0.05, 0) is 73.2 Å². The van der Waals surface area contributed by atoms with Crippen LogP contribution in [0.15, 0.2) is 71.1 Å². The van der Waals surface area contributed by atoms with E-state index < -0.39 is 5.97 Å². The quantitative estimate of drug-likeness (QED) is 0.232. The average Bonchev–Trinajstić information content (AvgIpc) is 3.33. The molecule has 6 nitrogen and oxygen atoms in total. The van der Waals surface area contributed by atoms with Gasteiger partial charge in [0.25, 0.3) is 0 Å². The number of carboxylic acid groups (broad SMARTS) is 1. The van der Waals surface area contributed by atoms with E-state index in [4.69, 9.17) is 14.1 Å². The Morgan fingerprint density at radius 2 is 1.79 bits per heavy atom. The molecule has 1 aromatic heterocycles. The minimum Gasteiger partial charge on any atom is -0.493 e. The molecule has 0 unspecified atom stereocenters. The molecular formula is C33H36N2O4. The lowest BCUT2D eigenvalue weighted by Gasteiger charge is -2.33. The smallest absolute Gasteiger partial charge is 0.303 e. The van der Waals surface area contributed by atoms with Crippen LogP contribution in [0.4, 0.5) is 5.69 Å². The first-order chi connectivity index (χ1) is 19.0. The number of ether oxygens (including phenoxy) is 1. The van der Waals surface area contributed by atoms with Crippen molar-refractivity contribution < 1.29 is 19.1 Å². The van der Waals surface area contributed by atoms with Crippen LogP contribution in [0.1, 0.15) is 53.5 Å². The molecule has 0 saturated heterocycles. The molecule has 0 bridgehead atoms. The Hall–Kier alpha value is -4.06. The SMILES string of the molecule is CCCc1ccc(N2CCc3c(OCCc4nc(-c5ccccc5)oc4C)ccc(CCC(=O)O)c3C2)cc1. The zero-order valence-corrected chi connectivity index (χ0v) is 22.8. The Kier molecular flexibility index (Phi) is 8.30. The topological polar surface area (TPSA) is 75.8 Å². The normalized spacial score (nSPS) is 12.8. The number of hydrogen-bond donors (Lipinski definition) is 1. The molecule has 202 valence electrons. The predicted molar refractivity (Wildman–Crippen MR) is 153 cm³/mol. The Balaban J connectivity index is 1.32. The van der Waals surface area contributed by atoms with E-state index in [1.54, 1.807) is 0 Å². The number of aromatic nitrogens is 1. The van der Waals surface area contributed by atoms with Gasteiger partial charge in [0.2, 0.25) is 5.89 Å². The number of aliphatic carboxylic acids is 1. The summed E-state index contributed by atoms with van der Waals surface area (Å²) in [6, 6.07) is 22.8. The van der Waals surface area contributed by atoms with Gasteiger partial charge in [-0.3, -0.25) is 4.79 Å². The fourth-order valence-electron chi connectivity index (χ4n) is 5.32. The highest BCUT2D eigenvalue weighted by atomic mass is 16.5. The minimum absolute atomic E-state index is 0.119. The minimum atomic E-state index is -0.777. The summed E-state index contributed by atoms with van der Waals surface area (Å²) < 4.78 is 12.2. The van der Waals surface area contributed by atoms with Crippen molar-refractivity contribution in [1.82, 2.24) is 4.98 Å². The van der Waals surface area contributed by atoms with Crippen LogP contribution in [-0.2, 0) is 37.0 Å². The van der Waals surface area contributed by atoms with E-state index in [1.165, 1.54) is 22.4 Å². The number of nitrogens with zero attached hydrogens (tertiary/aromatic N) is 2. The van der Waals surface area contributed by atoms with Crippen LogP contribution in [0.2, 0.25) is 0 Å². The van der Waals surface area contributed by atoms with E-state index in [0.29, 0.717) is 25.3 Å². The molecule has 1 N–H and O–H groups in total. The van der Waals surface area contributed by atoms with Crippen LogP contribution >= 0.6 is 0 Å². The van der Waals surface area contributed by atoms with E-state index >= 15 is 0 Å². The third kappa shape index (κ3) is 6.33. The first-order valence-corrected chi connectivity index (χ1v) is 13.9. The molecule has 6 heteroatoms. The molecule has 0 aliphatic carbocycles. The molecular weight excluding hydrogens is 488 g/mol. The van der Waals surface area contributed by atoms with Crippen molar-refractivity contribution in [3.63, 3.8) is 0 Å². The largest absolute Gasteiger partial charge is 0.493 e. The maximum absolute atomic E-state index is 11.3. The molecule has 0 spiro atoms. The molecule has 39 heavy (non-hydrogen) atoms. The van der Waals surface area contributed by atoms with Gasteiger partial charge in [0.05, 0.1) is 12.3 Å². The molecule has 0 radical (unpaired) electrons. The van der Waals surface area contributed by atoms with Crippen LogP contribution in [0, 0.1) is 6.92 Å². The summed E-state index contributed by atoms with van der Waals surface area (Å²) in [5.41, 5.74) is 7.90. The van der Waals surface area contributed by atoms with Gasteiger partial charge in [0, 0.05) is 42.7 Å². The van der Waals surface area contributed by atoms with Crippen molar-refractivity contribution in [2.75, 3.05) is 18.1 Å². The van der Waals surface area contributed by atoms with Gasteiger partial charge >= 0.3 is 5.97 Å². The van der Waals surface area contributed by atoms with Crippen molar-refractivity contribution in [2.45, 2.75) is 58.9 Å². The standard InChI is InChI=1S/C33H36N2O4/c1-3-7-24-10-14-27(15-11-24)35-20-18-28-29(22-35)25(13-17-32(36)37)12-16-31(28)38-21-19-30-23(2)39-33(34-30)26-8-5-4-6-9-26/h4-6,8-12,14-16H,3,7,13,17-22H2,1-2H3,(H,36,37). The van der Waals surface area contributed by atoms with Gasteiger partial charge in [-0.1, -0.05) is 49.7 Å². The first kappa shape index (κ1) is 26.5. The highest BCUT2D eigenvalue weighted by Crippen LogP contribution is 2.34. The number of fused-ring (bicyclic) bond motifs is 1. The molecule has 0 amide bonds. The number of carboxylic acids is 1. The van der Waals surface area contributed by atoms with Crippen molar-refractivity contribution >= 4 is 11.7 Å². The number of rotatable bonds is 11. The predicted octanol–water partition coefficient (Wildman–Crippen LogP) is 6.80. The third-order valence-corrected chi connectivity index (χ3v) is 7.42. The number of carbonyl (C=O) groups is 1. The number of oxazole rings is 1. The van der Waals surface area contributed by atoms with Crippen LogP contribution in [0.3, 0.4) is 0 Å². The second-order valence-corrected chi connectivity index (χ2v) is 10.1. The maximum Gasteiger partial charge on any atom is 0.303 e. The van der Waals surface area contributed by atoms with E-state index in [0.717, 1.165) is 60.7 Å². The fraction of sp³-hybridized carbons (Fsp3) is 0.333. The Labute approximate surface area is 230 Å². The van der Waals surface area contributed by atoms with Crippen molar-refractivity contribution in [2.24, 2.45) is 0 Å². The van der Waals surface area contributed by atoms with Crippen LogP contribution in [0.25, 0.3) is 11.5 Å². The molecule has 0 atom stereocenters. The number of benzene rings is 3. The Bertz CT molecular complexity index is 1410. The molecule has 1 aliphatic heterocycles. The summed E-state index contributed by atoms with van der Waals surface area (Å²) in [6.45, 7) is 6.27. The Morgan fingerprint density at radius 1 is 1.00 bits per heavy atom. The van der Waals surface area contributed by atoms with E-state index in [-0.39, 0.29) is 6.42 Å². The lowest BCUT2D eigenvalue weighted by atomic mass is 9.91. The van der Waals surface area contributed by atoms with Gasteiger partial charge < -0.3 is 19.2 Å². The summed E-state index contributed by atoms with van der Waals surface area (Å²) in [5, 5.41) is 9.31. The van der Waals surface area contributed by atoms with Crippen molar-refractivity contribution in [1.29, 1.82) is 0 Å². The summed E-state index contributed by atoms with van der Waals surface area (Å²) in [7, 11) is 0. The molecule has 3 aromatic carbocycles. The van der Waals surface area contributed by atoms with E-state index in [9.17, 15) is 9.90 Å². The monoisotopic (exact) mass is 524 g/mol. The molecule has 2 heterocycles. The van der Waals surface area contributed by atoms with E-state index in [2.05, 4.69) is 36.1 Å². The second-order valence-electron chi connectivity index (χ2n) is 10.1. The van der Waals surface area contributed by atoms with Crippen LogP contribution in [0.5, 0.6) is 5.75 Å². The molecule has 0 saturated carbocycles. The van der Waals surface area contributed by atoms with Gasteiger partial charge in [0.1, 0.15) is 11.5 Å². The molecule has 5 rings (SSSR count). The first-order valence-electron chi connectivity index (χ1n) is 13.9. The summed E-state index contributed by atoms with van der Waals surface area (Å²) in [5.74, 6) is 1.54. The summed E-state index contributed by atoms with van der Waals surface area (Å²) in [6.07, 6.45) is 4.35. The summed E-state index contributed by atoms with van der Waals surface area (Å²) >= 11 is 0. The highest BCUT2D eigenvalue weighted by Gasteiger charge is 2.23. The molecule has 0 fully saturated rings. The highest BCUT2D eigenvalue weighted by molar-refractivity contribution is 5.67. The molecule has 4 aromatic rings. The zero-order valence-electron chi connectivity index (χ0n) is 22.8. The van der Waals surface area contributed by atoms with Crippen molar-refractivity contribution in [3.05, 3.63) is 100 Å². The zero-order chi connectivity index (χ0) is 27.2. The van der Waals surface area contributed by atoms with Crippen molar-refractivity contribution in [3.8, 4) is 17.2 Å². The maximum atomic E-state index is 11.3. The number of aryl methyl sites for hydroxylation is 3. The summed E-state index contributed by atoms with van der Waals surface area (Å²) in [4.78, 5) is 18.4. The van der Waals surface area contributed by atoms with Gasteiger partial charge in [0.15, 0.2) is 0 Å². The van der Waals surface area contributed by atoms with Gasteiger partial charge in [-0.15, -0.1) is 0 Å². The second kappa shape index (κ2) is 12.2. The lowest BCUT2D eigenvalue weighted by Crippen LogP contribution is -2.31. The molecule has 1 aliphatic rings. The fourth-order valence-corrected chi connectivity index (χ4v) is 5.32. The van der Waals surface area contributed by atoms with Gasteiger partial charge in [-0.25, -0.2) is 4.98 Å². The van der Waals surface area contributed by atoms with Crippen LogP contribution in [-0.4, -0.2) is 29.2 Å². The third-order valence-electron chi connectivity index (χ3n) is 7.42. The van der Waals surface area contributed by atoms with E-state index in [1.807, 2.05) is 49.4 Å². The number of hydrogen-bond acceptors (Lipinski definition) is 5. The lowest BCUT2D eigenvalue weighted by molar-refractivity contribution is -0.136. The average molecular weight is 525 g/mol. The Morgan fingerprint density at radius 3 is 2.54 bits per heavy atom. The van der Waals surface area contributed by atoms with Gasteiger partial charge in [-0.2, -0.15) is 0 Å². The van der Waals surface area contributed by atoms with Crippen LogP contribution < -0.4 is 9.64 Å². The number of anilines is 1.